The largest absolute Gasteiger partial charge is 0.294 e. The molecule has 4 heteroatoms. The molecule has 1 aromatic carbocycles. The third-order valence-electron chi connectivity index (χ3n) is 5.92. The highest BCUT2D eigenvalue weighted by atomic mass is 32.2. The lowest BCUT2D eigenvalue weighted by molar-refractivity contribution is 0.483. The Morgan fingerprint density at radius 2 is 1.10 bits per heavy atom. The van der Waals surface area contributed by atoms with Crippen LogP contribution in [0.1, 0.15) is 121 Å². The molecule has 0 saturated carbocycles. The monoisotopic (exact) mass is 424 g/mol. The molecule has 29 heavy (non-hydrogen) atoms. The summed E-state index contributed by atoms with van der Waals surface area (Å²) in [6.07, 6.45) is 22.5. The van der Waals surface area contributed by atoms with Crippen LogP contribution >= 0.6 is 0 Å². The van der Waals surface area contributed by atoms with E-state index in [2.05, 4.69) is 6.92 Å². The molecule has 1 rings (SSSR count). The number of hydrogen-bond donors (Lipinski definition) is 1. The molecule has 0 unspecified atom stereocenters. The van der Waals surface area contributed by atoms with Crippen LogP contribution in [0.25, 0.3) is 0 Å². The van der Waals surface area contributed by atoms with Crippen LogP contribution in [0.2, 0.25) is 0 Å². The minimum atomic E-state index is -4.10. The molecule has 0 aliphatic heterocycles. The second-order valence-electron chi connectivity index (χ2n) is 8.62. The Morgan fingerprint density at radius 3 is 1.52 bits per heavy atom. The second kappa shape index (κ2) is 15.9. The van der Waals surface area contributed by atoms with E-state index in [9.17, 15) is 13.0 Å². The molecule has 0 fully saturated rings. The van der Waals surface area contributed by atoms with Crippen LogP contribution in [0.5, 0.6) is 0 Å². The molecule has 1 N–H and O–H groups in total. The van der Waals surface area contributed by atoms with Gasteiger partial charge < -0.3 is 0 Å². The average molecular weight is 425 g/mol. The highest BCUT2D eigenvalue weighted by molar-refractivity contribution is 7.85. The van der Waals surface area contributed by atoms with E-state index in [1.807, 2.05) is 6.92 Å². The Balaban J connectivity index is 1.95. The van der Waals surface area contributed by atoms with Crippen molar-refractivity contribution in [3.8, 4) is 0 Å². The van der Waals surface area contributed by atoms with Gasteiger partial charge in [-0.2, -0.15) is 8.42 Å². The van der Waals surface area contributed by atoms with Crippen LogP contribution in [0, 0.1) is 6.92 Å². The fourth-order valence-corrected chi connectivity index (χ4v) is 4.47. The summed E-state index contributed by atoms with van der Waals surface area (Å²) in [5.74, 6) is 0. The first-order valence-electron chi connectivity index (χ1n) is 12.0. The Morgan fingerprint density at radius 1 is 0.690 bits per heavy atom. The molecule has 3 nitrogen and oxygen atoms in total. The van der Waals surface area contributed by atoms with Crippen molar-refractivity contribution in [2.75, 3.05) is 0 Å². The third kappa shape index (κ3) is 13.1. The van der Waals surface area contributed by atoms with Crippen LogP contribution in [-0.2, 0) is 16.5 Å². The van der Waals surface area contributed by atoms with Gasteiger partial charge in [-0.1, -0.05) is 109 Å². The lowest BCUT2D eigenvalue weighted by atomic mass is 10.0. The van der Waals surface area contributed by atoms with Crippen LogP contribution in [0.15, 0.2) is 23.1 Å². The van der Waals surface area contributed by atoms with Gasteiger partial charge in [0, 0.05) is 0 Å². The van der Waals surface area contributed by atoms with Crippen molar-refractivity contribution in [3.05, 3.63) is 29.3 Å². The Labute approximate surface area is 180 Å². The van der Waals surface area contributed by atoms with Crippen molar-refractivity contribution in [2.45, 2.75) is 128 Å². The molecular formula is C25H44O3S. The van der Waals surface area contributed by atoms with Gasteiger partial charge >= 0.3 is 0 Å². The van der Waals surface area contributed by atoms with Crippen molar-refractivity contribution in [1.29, 1.82) is 0 Å². The molecule has 0 amide bonds. The molecule has 168 valence electrons. The first-order valence-corrected chi connectivity index (χ1v) is 13.5. The molecule has 0 spiro atoms. The molecule has 0 aromatic heterocycles. The fraction of sp³-hybridized carbons (Fsp3) is 0.760. The van der Waals surface area contributed by atoms with Crippen LogP contribution in [0.4, 0.5) is 0 Å². The Hall–Kier alpha value is -0.870. The van der Waals surface area contributed by atoms with E-state index >= 15 is 0 Å². The predicted octanol–water partition coefficient (Wildman–Crippen LogP) is 8.05. The molecule has 0 saturated heterocycles. The van der Waals surface area contributed by atoms with Crippen molar-refractivity contribution >= 4 is 10.1 Å². The summed E-state index contributed by atoms with van der Waals surface area (Å²) in [7, 11) is -4.10. The lowest BCUT2D eigenvalue weighted by Crippen LogP contribution is -2.00. The second-order valence-corrected chi connectivity index (χ2v) is 10.0. The summed E-state index contributed by atoms with van der Waals surface area (Å²) in [4.78, 5) is 0.00888. The summed E-state index contributed by atoms with van der Waals surface area (Å²) >= 11 is 0. The summed E-state index contributed by atoms with van der Waals surface area (Å²) in [6.45, 7) is 4.27. The molecule has 0 atom stereocenters. The maximum Gasteiger partial charge on any atom is 0.294 e. The predicted molar refractivity (Wildman–Crippen MR) is 124 cm³/mol. The van der Waals surface area contributed by atoms with Crippen molar-refractivity contribution in [1.82, 2.24) is 0 Å². The molecule has 0 radical (unpaired) electrons. The van der Waals surface area contributed by atoms with Gasteiger partial charge in [-0.25, -0.2) is 0 Å². The topological polar surface area (TPSA) is 54.4 Å². The third-order valence-corrected chi connectivity index (χ3v) is 6.77. The van der Waals surface area contributed by atoms with Gasteiger partial charge in [0.25, 0.3) is 10.1 Å². The normalized spacial score (nSPS) is 11.8. The number of benzene rings is 1. The van der Waals surface area contributed by atoms with Gasteiger partial charge in [0.1, 0.15) is 0 Å². The van der Waals surface area contributed by atoms with Gasteiger partial charge in [0.15, 0.2) is 0 Å². The minimum absolute atomic E-state index is 0.00888. The van der Waals surface area contributed by atoms with Crippen molar-refractivity contribution < 1.29 is 13.0 Å². The smallest absolute Gasteiger partial charge is 0.282 e. The average Bonchev–Trinajstić information content (AvgIpc) is 2.68. The van der Waals surface area contributed by atoms with Crippen molar-refractivity contribution in [3.63, 3.8) is 0 Å². The number of rotatable bonds is 18. The molecule has 0 aliphatic rings. The number of hydrogen-bond acceptors (Lipinski definition) is 2. The minimum Gasteiger partial charge on any atom is -0.282 e. The Bertz CT molecular complexity index is 637. The van der Waals surface area contributed by atoms with E-state index in [-0.39, 0.29) is 4.90 Å². The SMILES string of the molecule is CCCCCCCCCCCCCCCCCCc1cc(S(=O)(=O)O)ccc1C. The zero-order valence-electron chi connectivity index (χ0n) is 18.9. The van der Waals surface area contributed by atoms with E-state index in [1.165, 1.54) is 102 Å². The standard InChI is InChI=1S/C25H44O3S/c1-3-4-5-6-7-8-9-10-11-12-13-14-15-16-17-18-19-24-22-25(29(26,27)28)21-20-23(24)2/h20-22H,3-19H2,1-2H3,(H,26,27,28). The zero-order valence-corrected chi connectivity index (χ0v) is 19.7. The summed E-state index contributed by atoms with van der Waals surface area (Å²) < 4.78 is 31.7. The van der Waals surface area contributed by atoms with Gasteiger partial charge in [-0.3, -0.25) is 4.55 Å². The maximum absolute atomic E-state index is 11.3. The quantitative estimate of drug-likeness (QED) is 0.191. The molecular weight excluding hydrogens is 380 g/mol. The first kappa shape index (κ1) is 26.2. The maximum atomic E-state index is 11.3. The highest BCUT2D eigenvalue weighted by Crippen LogP contribution is 2.19. The number of aryl methyl sites for hydroxylation is 2. The zero-order chi connectivity index (χ0) is 21.4. The summed E-state index contributed by atoms with van der Waals surface area (Å²) in [5.41, 5.74) is 2.13. The molecule has 1 aromatic rings. The summed E-state index contributed by atoms with van der Waals surface area (Å²) in [5, 5.41) is 0. The number of unbranched alkanes of at least 4 members (excludes halogenated alkanes) is 15. The van der Waals surface area contributed by atoms with Gasteiger partial charge in [0.05, 0.1) is 4.90 Å². The van der Waals surface area contributed by atoms with Gasteiger partial charge in [0.2, 0.25) is 0 Å². The van der Waals surface area contributed by atoms with Crippen LogP contribution in [-0.4, -0.2) is 13.0 Å². The highest BCUT2D eigenvalue weighted by Gasteiger charge is 2.11. The van der Waals surface area contributed by atoms with E-state index in [0.717, 1.165) is 24.0 Å². The van der Waals surface area contributed by atoms with E-state index in [4.69, 9.17) is 0 Å². The molecule has 0 bridgehead atoms. The fourth-order valence-electron chi connectivity index (χ4n) is 3.94. The Kier molecular flexibility index (Phi) is 14.3. The summed E-state index contributed by atoms with van der Waals surface area (Å²) in [6, 6.07) is 4.88. The van der Waals surface area contributed by atoms with E-state index in [1.54, 1.807) is 12.1 Å². The molecule has 0 heterocycles. The van der Waals surface area contributed by atoms with Crippen LogP contribution < -0.4 is 0 Å². The van der Waals surface area contributed by atoms with Gasteiger partial charge in [-0.15, -0.1) is 0 Å². The lowest BCUT2D eigenvalue weighted by Gasteiger charge is -2.08. The van der Waals surface area contributed by atoms with E-state index < -0.39 is 10.1 Å². The molecule has 0 aliphatic carbocycles. The van der Waals surface area contributed by atoms with Crippen LogP contribution in [0.3, 0.4) is 0 Å². The van der Waals surface area contributed by atoms with E-state index in [0.29, 0.717) is 0 Å². The van der Waals surface area contributed by atoms with Crippen molar-refractivity contribution in [2.24, 2.45) is 0 Å². The van der Waals surface area contributed by atoms with Gasteiger partial charge in [-0.05, 0) is 43.0 Å². The first-order chi connectivity index (χ1) is 13.9.